The van der Waals surface area contributed by atoms with Crippen LogP contribution in [-0.4, -0.2) is 32.0 Å². The van der Waals surface area contributed by atoms with E-state index in [1.165, 1.54) is 6.26 Å². The van der Waals surface area contributed by atoms with Gasteiger partial charge in [-0.2, -0.15) is 0 Å². The molecule has 1 atom stereocenters. The minimum absolute atomic E-state index is 0.128. The van der Waals surface area contributed by atoms with Gasteiger partial charge in [0.2, 0.25) is 0 Å². The average Bonchev–Trinajstić information content (AvgIpc) is 2.37. The first-order valence-electron chi connectivity index (χ1n) is 6.94. The van der Waals surface area contributed by atoms with Crippen molar-refractivity contribution in [3.05, 3.63) is 35.9 Å². The first-order valence-corrected chi connectivity index (χ1v) is 9.00. The molecule has 0 bridgehead atoms. The largest absolute Gasteiger partial charge is 0.333 e. The van der Waals surface area contributed by atoms with Crippen molar-refractivity contribution in [2.45, 2.75) is 38.8 Å². The summed E-state index contributed by atoms with van der Waals surface area (Å²) < 4.78 is 23.1. The third kappa shape index (κ3) is 6.62. The van der Waals surface area contributed by atoms with Gasteiger partial charge in [0.05, 0.1) is 11.8 Å². The predicted molar refractivity (Wildman–Crippen MR) is 84.9 cm³/mol. The standard InChI is InChI=1S/C15H24N2O3S/c1-5-15(2,3)17-14(18)16-13(11-21(4,19)20)12-9-7-6-8-10-12/h6-10,13H,5,11H2,1-4H3,(H2,16,17,18). The lowest BCUT2D eigenvalue weighted by molar-refractivity contribution is 0.226. The molecule has 2 amide bonds. The Morgan fingerprint density at radius 3 is 2.29 bits per heavy atom. The van der Waals surface area contributed by atoms with Gasteiger partial charge in [0.1, 0.15) is 9.84 Å². The van der Waals surface area contributed by atoms with E-state index in [-0.39, 0.29) is 17.3 Å². The Labute approximate surface area is 127 Å². The second-order valence-electron chi connectivity index (χ2n) is 5.89. The highest BCUT2D eigenvalue weighted by atomic mass is 32.2. The molecular formula is C15H24N2O3S. The van der Waals surface area contributed by atoms with E-state index in [2.05, 4.69) is 10.6 Å². The fraction of sp³-hybridized carbons (Fsp3) is 0.533. The third-order valence-corrected chi connectivity index (χ3v) is 4.25. The van der Waals surface area contributed by atoms with Crippen LogP contribution < -0.4 is 10.6 Å². The summed E-state index contributed by atoms with van der Waals surface area (Å²) in [5.41, 5.74) is 0.434. The minimum Gasteiger partial charge on any atom is -0.333 e. The second kappa shape index (κ2) is 6.93. The molecule has 0 spiro atoms. The van der Waals surface area contributed by atoms with Gasteiger partial charge < -0.3 is 10.6 Å². The summed E-state index contributed by atoms with van der Waals surface area (Å²) in [6.45, 7) is 5.81. The maximum atomic E-state index is 12.1. The van der Waals surface area contributed by atoms with Crippen molar-refractivity contribution in [3.8, 4) is 0 Å². The first kappa shape index (κ1) is 17.5. The highest BCUT2D eigenvalue weighted by Crippen LogP contribution is 2.15. The maximum Gasteiger partial charge on any atom is 0.315 e. The summed E-state index contributed by atoms with van der Waals surface area (Å²) in [5.74, 6) is -0.128. The molecule has 0 radical (unpaired) electrons. The highest BCUT2D eigenvalue weighted by Gasteiger charge is 2.23. The van der Waals surface area contributed by atoms with Crippen LogP contribution in [0.3, 0.4) is 0 Å². The second-order valence-corrected chi connectivity index (χ2v) is 8.08. The van der Waals surface area contributed by atoms with E-state index in [9.17, 15) is 13.2 Å². The van der Waals surface area contributed by atoms with E-state index in [0.29, 0.717) is 0 Å². The molecule has 6 heteroatoms. The predicted octanol–water partition coefficient (Wildman–Crippen LogP) is 2.26. The van der Waals surface area contributed by atoms with Crippen molar-refractivity contribution in [1.29, 1.82) is 0 Å². The fourth-order valence-electron chi connectivity index (χ4n) is 1.80. The van der Waals surface area contributed by atoms with Crippen molar-refractivity contribution in [1.82, 2.24) is 10.6 Å². The van der Waals surface area contributed by atoms with Gasteiger partial charge in [-0.3, -0.25) is 0 Å². The molecule has 21 heavy (non-hydrogen) atoms. The van der Waals surface area contributed by atoms with Crippen LogP contribution in [-0.2, 0) is 9.84 Å². The third-order valence-electron chi connectivity index (χ3n) is 3.31. The van der Waals surface area contributed by atoms with E-state index in [1.807, 2.05) is 39.0 Å². The first-order chi connectivity index (χ1) is 9.63. The molecule has 1 unspecified atom stereocenters. The lowest BCUT2D eigenvalue weighted by atomic mass is 10.0. The lowest BCUT2D eigenvalue weighted by Gasteiger charge is -2.27. The topological polar surface area (TPSA) is 75.3 Å². The van der Waals surface area contributed by atoms with E-state index < -0.39 is 15.9 Å². The number of nitrogens with one attached hydrogen (secondary N) is 2. The van der Waals surface area contributed by atoms with Crippen molar-refractivity contribution < 1.29 is 13.2 Å². The quantitative estimate of drug-likeness (QED) is 0.846. The highest BCUT2D eigenvalue weighted by molar-refractivity contribution is 7.90. The zero-order valence-corrected chi connectivity index (χ0v) is 13.8. The molecule has 0 heterocycles. The molecular weight excluding hydrogens is 288 g/mol. The van der Waals surface area contributed by atoms with E-state index in [4.69, 9.17) is 0 Å². The Kier molecular flexibility index (Phi) is 5.78. The smallest absolute Gasteiger partial charge is 0.315 e. The summed E-state index contributed by atoms with van der Waals surface area (Å²) in [6.07, 6.45) is 1.95. The number of carbonyl (C=O) groups excluding carboxylic acids is 1. The van der Waals surface area contributed by atoms with Crippen molar-refractivity contribution in [2.75, 3.05) is 12.0 Å². The molecule has 0 saturated heterocycles. The van der Waals surface area contributed by atoms with Crippen LogP contribution in [0.1, 0.15) is 38.8 Å². The van der Waals surface area contributed by atoms with Gasteiger partial charge in [-0.05, 0) is 25.8 Å². The van der Waals surface area contributed by atoms with Crippen LogP contribution in [0.5, 0.6) is 0 Å². The van der Waals surface area contributed by atoms with Crippen molar-refractivity contribution in [3.63, 3.8) is 0 Å². The molecule has 0 aliphatic rings. The number of carbonyl (C=O) groups is 1. The Hall–Kier alpha value is -1.56. The van der Waals surface area contributed by atoms with Gasteiger partial charge in [0.15, 0.2) is 0 Å². The van der Waals surface area contributed by atoms with E-state index in [1.54, 1.807) is 12.1 Å². The van der Waals surface area contributed by atoms with Crippen molar-refractivity contribution >= 4 is 15.9 Å². The number of amides is 2. The molecule has 5 nitrogen and oxygen atoms in total. The summed E-state index contributed by atoms with van der Waals surface area (Å²) in [4.78, 5) is 12.1. The van der Waals surface area contributed by atoms with Gasteiger partial charge in [0, 0.05) is 11.8 Å². The molecule has 0 saturated carbocycles. The van der Waals surface area contributed by atoms with Crippen LogP contribution >= 0.6 is 0 Å². The van der Waals surface area contributed by atoms with Gasteiger partial charge in [0.25, 0.3) is 0 Å². The van der Waals surface area contributed by atoms with Crippen molar-refractivity contribution in [2.24, 2.45) is 0 Å². The summed E-state index contributed by atoms with van der Waals surface area (Å²) in [6, 6.07) is 8.18. The normalized spacial score (nSPS) is 13.5. The SMILES string of the molecule is CCC(C)(C)NC(=O)NC(CS(C)(=O)=O)c1ccccc1. The summed E-state index contributed by atoms with van der Waals surface area (Å²) in [5, 5.41) is 5.60. The van der Waals surface area contributed by atoms with Crippen LogP contribution in [0.25, 0.3) is 0 Å². The molecule has 1 rings (SSSR count). The molecule has 2 N–H and O–H groups in total. The van der Waals surface area contributed by atoms with Crippen LogP contribution in [0, 0.1) is 0 Å². The molecule has 1 aromatic carbocycles. The molecule has 0 aliphatic heterocycles. The lowest BCUT2D eigenvalue weighted by Crippen LogP contribution is -2.49. The monoisotopic (exact) mass is 312 g/mol. The Morgan fingerprint density at radius 2 is 1.81 bits per heavy atom. The Balaban J connectivity index is 2.86. The minimum atomic E-state index is -3.21. The molecule has 118 valence electrons. The van der Waals surface area contributed by atoms with Gasteiger partial charge in [-0.25, -0.2) is 13.2 Å². The number of benzene rings is 1. The van der Waals surface area contributed by atoms with Crippen LogP contribution in [0.15, 0.2) is 30.3 Å². The number of hydrogen-bond acceptors (Lipinski definition) is 3. The molecule has 1 aromatic rings. The van der Waals surface area contributed by atoms with Crippen LogP contribution in [0.2, 0.25) is 0 Å². The van der Waals surface area contributed by atoms with Gasteiger partial charge in [-0.15, -0.1) is 0 Å². The average molecular weight is 312 g/mol. The molecule has 0 aliphatic carbocycles. The molecule has 0 aromatic heterocycles. The Morgan fingerprint density at radius 1 is 1.24 bits per heavy atom. The van der Waals surface area contributed by atoms with Gasteiger partial charge >= 0.3 is 6.03 Å². The van der Waals surface area contributed by atoms with Gasteiger partial charge in [-0.1, -0.05) is 37.3 Å². The van der Waals surface area contributed by atoms with E-state index >= 15 is 0 Å². The zero-order valence-electron chi connectivity index (χ0n) is 13.0. The summed E-state index contributed by atoms with van der Waals surface area (Å²) >= 11 is 0. The van der Waals surface area contributed by atoms with E-state index in [0.717, 1.165) is 12.0 Å². The molecule has 0 fully saturated rings. The number of hydrogen-bond donors (Lipinski definition) is 2. The number of rotatable bonds is 6. The number of urea groups is 1. The fourth-order valence-corrected chi connectivity index (χ4v) is 2.68. The Bertz CT molecular complexity index is 568. The maximum absolute atomic E-state index is 12.1. The zero-order chi connectivity index (χ0) is 16.1. The van der Waals surface area contributed by atoms with Crippen LogP contribution in [0.4, 0.5) is 4.79 Å². The summed E-state index contributed by atoms with van der Waals surface area (Å²) in [7, 11) is -3.21. The number of sulfone groups is 1.